The first kappa shape index (κ1) is 20.5. The third kappa shape index (κ3) is 6.48. The minimum atomic E-state index is 0.00229. The second-order valence-electron chi connectivity index (χ2n) is 6.61. The smallest absolute Gasteiger partial charge is 0.230 e. The summed E-state index contributed by atoms with van der Waals surface area (Å²) in [7, 11) is 1.98. The highest BCUT2D eigenvalue weighted by atomic mass is 32.2. The molecule has 1 aromatic heterocycles. The molecule has 1 N–H and O–H groups in total. The Labute approximate surface area is 161 Å². The molecule has 1 atom stereocenters. The third-order valence-electron chi connectivity index (χ3n) is 4.44. The Bertz CT molecular complexity index is 672. The van der Waals surface area contributed by atoms with Crippen LogP contribution in [-0.2, 0) is 18.3 Å². The van der Waals surface area contributed by atoms with Gasteiger partial charge in [-0.3, -0.25) is 4.79 Å². The van der Waals surface area contributed by atoms with E-state index in [1.807, 2.05) is 48.9 Å². The van der Waals surface area contributed by atoms with E-state index in [9.17, 15) is 4.79 Å². The fraction of sp³-hybridized carbons (Fsp3) is 0.550. The molecule has 26 heavy (non-hydrogen) atoms. The monoisotopic (exact) mass is 374 g/mol. The second kappa shape index (κ2) is 11.0. The number of carbonyl (C=O) groups excluding carboxylic acids is 1. The van der Waals surface area contributed by atoms with E-state index in [-0.39, 0.29) is 11.9 Å². The standard InChI is InChI=1S/C20H30N4OS/c1-4-5-6-7-11-14-18-22-23-20(24(18)3)26-15-19(25)21-16(2)17-12-9-8-10-13-17/h8-10,12-13,16H,4-7,11,14-15H2,1-3H3,(H,21,25)/t16-/m0/s1. The van der Waals surface area contributed by atoms with E-state index in [0.29, 0.717) is 5.75 Å². The van der Waals surface area contributed by atoms with Crippen LogP contribution in [0.4, 0.5) is 0 Å². The lowest BCUT2D eigenvalue weighted by atomic mass is 10.1. The lowest BCUT2D eigenvalue weighted by molar-refractivity contribution is -0.119. The van der Waals surface area contributed by atoms with Crippen LogP contribution in [-0.4, -0.2) is 26.4 Å². The highest BCUT2D eigenvalue weighted by molar-refractivity contribution is 7.99. The molecule has 0 unspecified atom stereocenters. The minimum Gasteiger partial charge on any atom is -0.349 e. The summed E-state index contributed by atoms with van der Waals surface area (Å²) >= 11 is 1.44. The van der Waals surface area contributed by atoms with Crippen LogP contribution in [0.15, 0.2) is 35.5 Å². The number of aromatic nitrogens is 3. The topological polar surface area (TPSA) is 59.8 Å². The maximum absolute atomic E-state index is 12.2. The number of thioether (sulfide) groups is 1. The van der Waals surface area contributed by atoms with Crippen LogP contribution in [0.5, 0.6) is 0 Å². The molecule has 0 saturated carbocycles. The zero-order chi connectivity index (χ0) is 18.8. The van der Waals surface area contributed by atoms with Gasteiger partial charge in [-0.25, -0.2) is 0 Å². The maximum atomic E-state index is 12.2. The molecule has 0 spiro atoms. The van der Waals surface area contributed by atoms with Crippen LogP contribution < -0.4 is 5.32 Å². The van der Waals surface area contributed by atoms with Crippen LogP contribution in [0, 0.1) is 0 Å². The summed E-state index contributed by atoms with van der Waals surface area (Å²) in [4.78, 5) is 12.2. The fourth-order valence-corrected chi connectivity index (χ4v) is 3.55. The van der Waals surface area contributed by atoms with Crippen molar-refractivity contribution in [3.8, 4) is 0 Å². The van der Waals surface area contributed by atoms with Crippen LogP contribution >= 0.6 is 11.8 Å². The van der Waals surface area contributed by atoms with Gasteiger partial charge in [-0.1, -0.05) is 74.7 Å². The molecular weight excluding hydrogens is 344 g/mol. The van der Waals surface area contributed by atoms with E-state index in [4.69, 9.17) is 0 Å². The Morgan fingerprint density at radius 1 is 1.15 bits per heavy atom. The van der Waals surface area contributed by atoms with Crippen molar-refractivity contribution in [2.45, 2.75) is 63.6 Å². The first-order valence-electron chi connectivity index (χ1n) is 9.47. The van der Waals surface area contributed by atoms with Crippen LogP contribution in [0.3, 0.4) is 0 Å². The molecule has 6 heteroatoms. The van der Waals surface area contributed by atoms with Gasteiger partial charge in [0, 0.05) is 13.5 Å². The molecule has 0 fully saturated rings. The van der Waals surface area contributed by atoms with Gasteiger partial charge in [0.2, 0.25) is 5.91 Å². The lowest BCUT2D eigenvalue weighted by Crippen LogP contribution is -2.28. The number of nitrogens with zero attached hydrogens (tertiary/aromatic N) is 3. The third-order valence-corrected chi connectivity index (χ3v) is 5.46. The summed E-state index contributed by atoms with van der Waals surface area (Å²) < 4.78 is 2.01. The number of hydrogen-bond donors (Lipinski definition) is 1. The maximum Gasteiger partial charge on any atom is 0.230 e. The van der Waals surface area contributed by atoms with Crippen LogP contribution in [0.1, 0.15) is 63.4 Å². The van der Waals surface area contributed by atoms with E-state index in [1.54, 1.807) is 0 Å². The molecule has 2 aromatic rings. The van der Waals surface area contributed by atoms with Gasteiger partial charge < -0.3 is 9.88 Å². The zero-order valence-electron chi connectivity index (χ0n) is 16.1. The normalized spacial score (nSPS) is 12.1. The van der Waals surface area contributed by atoms with E-state index in [0.717, 1.165) is 29.4 Å². The molecule has 0 aliphatic heterocycles. The zero-order valence-corrected chi connectivity index (χ0v) is 16.9. The quantitative estimate of drug-likeness (QED) is 0.471. The van der Waals surface area contributed by atoms with Gasteiger partial charge in [0.05, 0.1) is 11.8 Å². The fourth-order valence-electron chi connectivity index (χ4n) is 2.81. The van der Waals surface area contributed by atoms with Gasteiger partial charge in [0.1, 0.15) is 5.82 Å². The summed E-state index contributed by atoms with van der Waals surface area (Å²) in [6.07, 6.45) is 7.18. The molecule has 142 valence electrons. The van der Waals surface area contributed by atoms with Crippen molar-refractivity contribution in [3.63, 3.8) is 0 Å². The van der Waals surface area contributed by atoms with Crippen molar-refractivity contribution in [1.82, 2.24) is 20.1 Å². The molecule has 5 nitrogen and oxygen atoms in total. The SMILES string of the molecule is CCCCCCCc1nnc(SCC(=O)N[C@@H](C)c2ccccc2)n1C. The summed E-state index contributed by atoms with van der Waals surface area (Å²) in [6, 6.07) is 9.99. The highest BCUT2D eigenvalue weighted by Gasteiger charge is 2.13. The number of hydrogen-bond acceptors (Lipinski definition) is 4. The number of nitrogens with one attached hydrogen (secondary N) is 1. The molecule has 0 saturated heterocycles. The molecule has 2 rings (SSSR count). The molecule has 1 aromatic carbocycles. The Balaban J connectivity index is 1.75. The summed E-state index contributed by atoms with van der Waals surface area (Å²) in [5.74, 6) is 1.36. The van der Waals surface area contributed by atoms with Gasteiger partial charge in [-0.15, -0.1) is 10.2 Å². The Morgan fingerprint density at radius 2 is 1.88 bits per heavy atom. The molecule has 0 radical (unpaired) electrons. The molecular formula is C20H30N4OS. The number of benzene rings is 1. The predicted molar refractivity (Wildman–Crippen MR) is 107 cm³/mol. The second-order valence-corrected chi connectivity index (χ2v) is 7.55. The average molecular weight is 375 g/mol. The van der Waals surface area contributed by atoms with Crippen molar-refractivity contribution < 1.29 is 4.79 Å². The van der Waals surface area contributed by atoms with Gasteiger partial charge in [0.25, 0.3) is 0 Å². The molecule has 0 bridgehead atoms. The number of unbranched alkanes of at least 4 members (excludes halogenated alkanes) is 4. The Morgan fingerprint density at radius 3 is 2.62 bits per heavy atom. The van der Waals surface area contributed by atoms with Crippen LogP contribution in [0.2, 0.25) is 0 Å². The summed E-state index contributed by atoms with van der Waals surface area (Å²) in [6.45, 7) is 4.22. The Hall–Kier alpha value is -1.82. The van der Waals surface area contributed by atoms with Crippen molar-refractivity contribution in [2.24, 2.45) is 7.05 Å². The van der Waals surface area contributed by atoms with Crippen LogP contribution in [0.25, 0.3) is 0 Å². The van der Waals surface area contributed by atoms with Gasteiger partial charge in [-0.05, 0) is 18.9 Å². The largest absolute Gasteiger partial charge is 0.349 e. The Kier molecular flexibility index (Phi) is 8.68. The molecule has 0 aliphatic rings. The van der Waals surface area contributed by atoms with Gasteiger partial charge in [-0.2, -0.15) is 0 Å². The molecule has 1 amide bonds. The summed E-state index contributed by atoms with van der Waals surface area (Å²) in [5.41, 5.74) is 1.11. The first-order chi connectivity index (χ1) is 12.6. The number of amides is 1. The minimum absolute atomic E-state index is 0.00229. The molecule has 0 aliphatic carbocycles. The van der Waals surface area contributed by atoms with Gasteiger partial charge in [0.15, 0.2) is 5.16 Å². The first-order valence-corrected chi connectivity index (χ1v) is 10.5. The van der Waals surface area contributed by atoms with E-state index >= 15 is 0 Å². The number of rotatable bonds is 11. The lowest BCUT2D eigenvalue weighted by Gasteiger charge is -2.13. The number of aryl methyl sites for hydroxylation is 1. The predicted octanol–water partition coefficient (Wildman–Crippen LogP) is 4.30. The van der Waals surface area contributed by atoms with E-state index in [2.05, 4.69) is 22.4 Å². The average Bonchev–Trinajstić information content (AvgIpc) is 3.00. The van der Waals surface area contributed by atoms with Gasteiger partial charge >= 0.3 is 0 Å². The van der Waals surface area contributed by atoms with Crippen molar-refractivity contribution >= 4 is 17.7 Å². The molecule has 1 heterocycles. The van der Waals surface area contributed by atoms with E-state index in [1.165, 1.54) is 37.4 Å². The number of carbonyl (C=O) groups is 1. The van der Waals surface area contributed by atoms with Crippen molar-refractivity contribution in [1.29, 1.82) is 0 Å². The van der Waals surface area contributed by atoms with E-state index < -0.39 is 0 Å². The highest BCUT2D eigenvalue weighted by Crippen LogP contribution is 2.18. The summed E-state index contributed by atoms with van der Waals surface area (Å²) in [5, 5.41) is 12.3. The van der Waals surface area contributed by atoms with Crippen molar-refractivity contribution in [3.05, 3.63) is 41.7 Å². The van der Waals surface area contributed by atoms with Crippen molar-refractivity contribution in [2.75, 3.05) is 5.75 Å².